The lowest BCUT2D eigenvalue weighted by atomic mass is 10.3. The van der Waals surface area contributed by atoms with Crippen molar-refractivity contribution in [3.05, 3.63) is 21.5 Å². The van der Waals surface area contributed by atoms with Crippen LogP contribution in [0.1, 0.15) is 11.4 Å². The number of morpholine rings is 1. The molecular formula is C15H24N6O7. The van der Waals surface area contributed by atoms with Crippen molar-refractivity contribution in [2.75, 3.05) is 46.4 Å². The third-order valence-electron chi connectivity index (χ3n) is 4.12. The highest BCUT2D eigenvalue weighted by Crippen LogP contribution is 2.18. The van der Waals surface area contributed by atoms with E-state index in [-0.39, 0.29) is 24.6 Å². The fourth-order valence-electron chi connectivity index (χ4n) is 2.57. The van der Waals surface area contributed by atoms with E-state index in [0.717, 1.165) is 13.1 Å². The van der Waals surface area contributed by atoms with Crippen LogP contribution in [0.25, 0.3) is 0 Å². The Labute approximate surface area is 161 Å². The van der Waals surface area contributed by atoms with Gasteiger partial charge in [-0.3, -0.25) is 4.90 Å². The fraction of sp³-hybridized carbons (Fsp3) is 0.667. The van der Waals surface area contributed by atoms with E-state index in [1.807, 2.05) is 0 Å². The predicted molar refractivity (Wildman–Crippen MR) is 94.6 cm³/mol. The molecule has 0 radical (unpaired) electrons. The molecule has 1 fully saturated rings. The van der Waals surface area contributed by atoms with Gasteiger partial charge in [0.2, 0.25) is 0 Å². The van der Waals surface area contributed by atoms with Gasteiger partial charge in [-0.2, -0.15) is 0 Å². The lowest BCUT2D eigenvalue weighted by Gasteiger charge is -2.26. The molecule has 2 amide bonds. The molecule has 1 aromatic rings. The highest BCUT2D eigenvalue weighted by molar-refractivity contribution is 5.67. The highest BCUT2D eigenvalue weighted by atomic mass is 16.6. The van der Waals surface area contributed by atoms with Crippen LogP contribution in [0.3, 0.4) is 0 Å². The summed E-state index contributed by atoms with van der Waals surface area (Å²) in [5, 5.41) is 16.0. The molecule has 1 aromatic heterocycles. The number of carbonyl (C=O) groups is 2. The molecule has 28 heavy (non-hydrogen) atoms. The second-order valence-electron chi connectivity index (χ2n) is 5.90. The van der Waals surface area contributed by atoms with Crippen molar-refractivity contribution < 1.29 is 28.7 Å². The summed E-state index contributed by atoms with van der Waals surface area (Å²) in [5.74, 6) is -0.443. The Morgan fingerprint density at radius 2 is 1.93 bits per heavy atom. The molecule has 13 heteroatoms. The van der Waals surface area contributed by atoms with Crippen molar-refractivity contribution in [3.8, 4) is 0 Å². The molecule has 0 unspecified atom stereocenters. The van der Waals surface area contributed by atoms with Crippen LogP contribution >= 0.6 is 0 Å². The molecule has 0 atom stereocenters. The molecular weight excluding hydrogens is 376 g/mol. The van der Waals surface area contributed by atoms with E-state index in [4.69, 9.17) is 14.2 Å². The minimum absolute atomic E-state index is 0.140. The largest absolute Gasteiger partial charge is 0.441 e. The van der Waals surface area contributed by atoms with E-state index >= 15 is 0 Å². The summed E-state index contributed by atoms with van der Waals surface area (Å²) in [7, 11) is 2.80. The van der Waals surface area contributed by atoms with Crippen molar-refractivity contribution in [1.82, 2.24) is 25.1 Å². The maximum atomic E-state index is 11.9. The summed E-state index contributed by atoms with van der Waals surface area (Å²) in [4.78, 5) is 39.6. The number of carbonyl (C=O) groups excluding carboxylic acids is 2. The second kappa shape index (κ2) is 10.4. The normalized spacial score (nSPS) is 14.4. The van der Waals surface area contributed by atoms with Gasteiger partial charge in [0, 0.05) is 33.2 Å². The average Bonchev–Trinajstić information content (AvgIpc) is 3.01. The molecule has 13 nitrogen and oxygen atoms in total. The van der Waals surface area contributed by atoms with E-state index in [2.05, 4.69) is 20.5 Å². The average molecular weight is 400 g/mol. The minimum atomic E-state index is -0.698. The summed E-state index contributed by atoms with van der Waals surface area (Å²) in [5.41, 5.74) is 0.401. The van der Waals surface area contributed by atoms with Gasteiger partial charge >= 0.3 is 18.1 Å². The van der Waals surface area contributed by atoms with Crippen LogP contribution in [0.2, 0.25) is 0 Å². The molecule has 0 spiro atoms. The van der Waals surface area contributed by atoms with E-state index in [9.17, 15) is 19.7 Å². The van der Waals surface area contributed by atoms with Crippen LogP contribution in [-0.4, -0.2) is 78.0 Å². The van der Waals surface area contributed by atoms with E-state index in [0.29, 0.717) is 26.3 Å². The molecule has 0 bridgehead atoms. The molecule has 1 aliphatic rings. The monoisotopic (exact) mass is 400 g/mol. The first kappa shape index (κ1) is 21.4. The van der Waals surface area contributed by atoms with Gasteiger partial charge in [-0.25, -0.2) is 14.2 Å². The fourth-order valence-corrected chi connectivity index (χ4v) is 2.57. The Morgan fingerprint density at radius 1 is 1.25 bits per heavy atom. The van der Waals surface area contributed by atoms with Gasteiger partial charge in [-0.1, -0.05) is 4.98 Å². The number of alkyl carbamates (subject to hydrolysis) is 2. The van der Waals surface area contributed by atoms with Gasteiger partial charge in [0.1, 0.15) is 0 Å². The smallest absolute Gasteiger partial charge is 0.435 e. The first-order valence-corrected chi connectivity index (χ1v) is 8.66. The van der Waals surface area contributed by atoms with E-state index in [1.54, 1.807) is 0 Å². The number of hydrogen-bond acceptors (Lipinski definition) is 9. The van der Waals surface area contributed by atoms with E-state index < -0.39 is 23.1 Å². The lowest BCUT2D eigenvalue weighted by Crippen LogP contribution is -2.41. The van der Waals surface area contributed by atoms with Crippen LogP contribution in [0.5, 0.6) is 0 Å². The predicted octanol–water partition coefficient (Wildman–Crippen LogP) is -0.257. The molecule has 1 saturated heterocycles. The van der Waals surface area contributed by atoms with Crippen molar-refractivity contribution >= 4 is 18.1 Å². The van der Waals surface area contributed by atoms with Gasteiger partial charge in [0.15, 0.2) is 24.6 Å². The van der Waals surface area contributed by atoms with Crippen molar-refractivity contribution in [3.63, 3.8) is 0 Å². The summed E-state index contributed by atoms with van der Waals surface area (Å²) in [6.45, 7) is 3.47. The van der Waals surface area contributed by atoms with Crippen molar-refractivity contribution in [2.45, 2.75) is 13.2 Å². The van der Waals surface area contributed by atoms with Gasteiger partial charge in [-0.15, -0.1) is 0 Å². The summed E-state index contributed by atoms with van der Waals surface area (Å²) >= 11 is 0. The maximum Gasteiger partial charge on any atom is 0.435 e. The van der Waals surface area contributed by atoms with Crippen molar-refractivity contribution in [2.24, 2.45) is 7.05 Å². The van der Waals surface area contributed by atoms with Gasteiger partial charge < -0.3 is 35.0 Å². The van der Waals surface area contributed by atoms with Gasteiger partial charge in [0.25, 0.3) is 0 Å². The maximum absolute atomic E-state index is 11.9. The number of rotatable bonds is 8. The number of ether oxygens (including phenoxy) is 3. The first-order chi connectivity index (χ1) is 13.4. The molecule has 1 aliphatic heterocycles. The van der Waals surface area contributed by atoms with Gasteiger partial charge in [-0.05, 0) is 4.92 Å². The number of imidazole rings is 1. The van der Waals surface area contributed by atoms with Crippen LogP contribution in [0.4, 0.5) is 15.5 Å². The number of aromatic nitrogens is 2. The zero-order valence-electron chi connectivity index (χ0n) is 15.8. The Kier molecular flexibility index (Phi) is 7.95. The molecule has 0 aromatic carbocycles. The number of nitrogens with one attached hydrogen (secondary N) is 2. The molecule has 0 aliphatic carbocycles. The summed E-state index contributed by atoms with van der Waals surface area (Å²) in [6.07, 6.45) is -1.36. The SMILES string of the molecule is CNC(=O)OCc1c(COC(=O)NCCN2CCOCC2)nc([N+](=O)[O-])n1C. The Hall–Kier alpha value is -2.93. The van der Waals surface area contributed by atoms with Crippen LogP contribution in [-0.2, 0) is 34.5 Å². The van der Waals surface area contributed by atoms with Crippen molar-refractivity contribution in [1.29, 1.82) is 0 Å². The number of nitrogens with zero attached hydrogens (tertiary/aromatic N) is 4. The second-order valence-corrected chi connectivity index (χ2v) is 5.90. The van der Waals surface area contributed by atoms with Gasteiger partial charge in [0.05, 0.1) is 20.3 Å². The Bertz CT molecular complexity index is 701. The first-order valence-electron chi connectivity index (χ1n) is 8.66. The van der Waals surface area contributed by atoms with Crippen LogP contribution in [0, 0.1) is 10.1 Å². The number of hydrogen-bond donors (Lipinski definition) is 2. The Morgan fingerprint density at radius 3 is 2.57 bits per heavy atom. The quantitative estimate of drug-likeness (QED) is 0.444. The van der Waals surface area contributed by atoms with Crippen LogP contribution < -0.4 is 10.6 Å². The third-order valence-corrected chi connectivity index (χ3v) is 4.12. The molecule has 0 saturated carbocycles. The van der Waals surface area contributed by atoms with E-state index in [1.165, 1.54) is 18.7 Å². The molecule has 2 rings (SSSR count). The number of amides is 2. The standard InChI is InChI=1S/C15H24N6O7/c1-16-14(22)28-10-12-11(18-13(19(12)2)21(24)25)9-27-15(23)17-3-4-20-5-7-26-8-6-20/h3-10H2,1-2H3,(H,16,22)(H,17,23). The summed E-state index contributed by atoms with van der Waals surface area (Å²) in [6, 6.07) is 0. The molecule has 2 heterocycles. The van der Waals surface area contributed by atoms with Crippen LogP contribution in [0.15, 0.2) is 0 Å². The minimum Gasteiger partial charge on any atom is -0.441 e. The highest BCUT2D eigenvalue weighted by Gasteiger charge is 2.26. The molecule has 156 valence electrons. The third kappa shape index (κ3) is 6.06. The Balaban J connectivity index is 1.88. The lowest BCUT2D eigenvalue weighted by molar-refractivity contribution is -0.396. The number of nitro groups is 1. The molecule has 2 N–H and O–H groups in total. The summed E-state index contributed by atoms with van der Waals surface area (Å²) < 4.78 is 16.4. The topological polar surface area (TPSA) is 150 Å². The zero-order chi connectivity index (χ0) is 20.5. The zero-order valence-corrected chi connectivity index (χ0v) is 15.8.